The van der Waals surface area contributed by atoms with Gasteiger partial charge in [0.2, 0.25) is 0 Å². The van der Waals surface area contributed by atoms with Gasteiger partial charge in [-0.25, -0.2) is 0 Å². The number of likely N-dealkylation sites (N-methyl/N-ethyl adjacent to an activating group) is 1. The third kappa shape index (κ3) is 4.94. The van der Waals surface area contributed by atoms with Crippen molar-refractivity contribution in [3.05, 3.63) is 28.8 Å². The number of ether oxygens (including phenoxy) is 3. The lowest BCUT2D eigenvalue weighted by atomic mass is 10.0. The molecule has 0 saturated carbocycles. The molecule has 0 radical (unpaired) electrons. The maximum atomic E-state index is 6.06. The van der Waals surface area contributed by atoms with E-state index in [0.717, 1.165) is 11.3 Å². The van der Waals surface area contributed by atoms with E-state index < -0.39 is 0 Å². The molecule has 0 saturated heterocycles. The molecule has 1 aromatic rings. The van der Waals surface area contributed by atoms with E-state index in [1.165, 1.54) is 0 Å². The van der Waals surface area contributed by atoms with Gasteiger partial charge >= 0.3 is 0 Å². The molecular formula is C15H24ClNO3. The fraction of sp³-hybridized carbons (Fsp3) is 0.600. The minimum atomic E-state index is -0.293. The smallest absolute Gasteiger partial charge is 0.172 e. The Labute approximate surface area is 126 Å². The van der Waals surface area contributed by atoms with Crippen molar-refractivity contribution in [3.8, 4) is 5.75 Å². The lowest BCUT2D eigenvalue weighted by Gasteiger charge is -2.27. The van der Waals surface area contributed by atoms with Gasteiger partial charge in [-0.1, -0.05) is 11.6 Å². The van der Waals surface area contributed by atoms with E-state index in [2.05, 4.69) is 5.32 Å². The molecule has 0 fully saturated rings. The number of halogens is 1. The first kappa shape index (κ1) is 17.2. The van der Waals surface area contributed by atoms with Gasteiger partial charge in [0.05, 0.1) is 13.2 Å². The third-order valence-corrected chi connectivity index (χ3v) is 3.28. The Bertz CT molecular complexity index is 395. The molecule has 4 nitrogen and oxygen atoms in total. The van der Waals surface area contributed by atoms with Crippen molar-refractivity contribution in [1.29, 1.82) is 0 Å². The highest BCUT2D eigenvalue weighted by Crippen LogP contribution is 2.24. The Kier molecular flexibility index (Phi) is 7.92. The van der Waals surface area contributed by atoms with Gasteiger partial charge in [-0.2, -0.15) is 0 Å². The van der Waals surface area contributed by atoms with Crippen LogP contribution in [-0.4, -0.2) is 39.7 Å². The lowest BCUT2D eigenvalue weighted by Crippen LogP contribution is -2.43. The Balaban J connectivity index is 2.88. The van der Waals surface area contributed by atoms with Gasteiger partial charge in [-0.05, 0) is 51.1 Å². The van der Waals surface area contributed by atoms with E-state index in [4.69, 9.17) is 25.8 Å². The molecule has 0 aliphatic rings. The highest BCUT2D eigenvalue weighted by Gasteiger charge is 2.22. The topological polar surface area (TPSA) is 39.7 Å². The number of hydrogen-bond acceptors (Lipinski definition) is 4. The van der Waals surface area contributed by atoms with Crippen LogP contribution in [-0.2, 0) is 15.9 Å². The molecule has 1 rings (SSSR count). The van der Waals surface area contributed by atoms with Crippen molar-refractivity contribution in [3.63, 3.8) is 0 Å². The molecule has 0 aliphatic heterocycles. The van der Waals surface area contributed by atoms with Crippen LogP contribution in [0.5, 0.6) is 5.75 Å². The number of hydrogen-bond donors (Lipinski definition) is 1. The number of methoxy groups -OCH3 is 1. The maximum Gasteiger partial charge on any atom is 0.172 e. The maximum absolute atomic E-state index is 6.06. The molecule has 20 heavy (non-hydrogen) atoms. The molecule has 1 N–H and O–H groups in total. The summed E-state index contributed by atoms with van der Waals surface area (Å²) in [6.45, 7) is 5.13. The fourth-order valence-electron chi connectivity index (χ4n) is 2.09. The standard InChI is InChI=1S/C15H24ClNO3/c1-5-19-15(20-6-2)13(17-3)10-11-9-12(16)7-8-14(11)18-4/h7-9,13,15,17H,5-6,10H2,1-4H3. The van der Waals surface area contributed by atoms with Gasteiger partial charge in [0.25, 0.3) is 0 Å². The lowest BCUT2D eigenvalue weighted by molar-refractivity contribution is -0.152. The van der Waals surface area contributed by atoms with E-state index in [0.29, 0.717) is 24.7 Å². The van der Waals surface area contributed by atoms with E-state index >= 15 is 0 Å². The van der Waals surface area contributed by atoms with E-state index in [-0.39, 0.29) is 12.3 Å². The summed E-state index contributed by atoms with van der Waals surface area (Å²) in [6, 6.07) is 5.64. The number of nitrogens with one attached hydrogen (secondary N) is 1. The highest BCUT2D eigenvalue weighted by molar-refractivity contribution is 6.30. The molecule has 0 heterocycles. The molecule has 0 aliphatic carbocycles. The predicted molar refractivity (Wildman–Crippen MR) is 81.6 cm³/mol. The van der Waals surface area contributed by atoms with E-state index in [1.807, 2.05) is 39.1 Å². The second-order valence-electron chi connectivity index (χ2n) is 4.33. The average molecular weight is 302 g/mol. The van der Waals surface area contributed by atoms with Crippen LogP contribution < -0.4 is 10.1 Å². The molecular weight excluding hydrogens is 278 g/mol. The zero-order valence-corrected chi connectivity index (χ0v) is 13.4. The van der Waals surface area contributed by atoms with E-state index in [1.54, 1.807) is 7.11 Å². The molecule has 0 aromatic heterocycles. The van der Waals surface area contributed by atoms with Crippen LogP contribution >= 0.6 is 11.6 Å². The van der Waals surface area contributed by atoms with Crippen LogP contribution in [0.3, 0.4) is 0 Å². The van der Waals surface area contributed by atoms with E-state index in [9.17, 15) is 0 Å². The zero-order chi connectivity index (χ0) is 15.0. The van der Waals surface area contributed by atoms with Crippen LogP contribution in [0, 0.1) is 0 Å². The summed E-state index contributed by atoms with van der Waals surface area (Å²) in [5, 5.41) is 3.94. The molecule has 114 valence electrons. The Hall–Kier alpha value is -0.810. The molecule has 1 unspecified atom stereocenters. The van der Waals surface area contributed by atoms with Crippen molar-refractivity contribution in [2.24, 2.45) is 0 Å². The molecule has 0 bridgehead atoms. The van der Waals surface area contributed by atoms with Crippen LogP contribution in [0.15, 0.2) is 18.2 Å². The summed E-state index contributed by atoms with van der Waals surface area (Å²) in [6.07, 6.45) is 0.420. The van der Waals surface area contributed by atoms with Crippen molar-refractivity contribution in [1.82, 2.24) is 5.32 Å². The molecule has 1 atom stereocenters. The first-order valence-electron chi connectivity index (χ1n) is 6.89. The van der Waals surface area contributed by atoms with Crippen molar-refractivity contribution in [2.75, 3.05) is 27.4 Å². The van der Waals surface area contributed by atoms with Crippen molar-refractivity contribution >= 4 is 11.6 Å². The largest absolute Gasteiger partial charge is 0.496 e. The first-order chi connectivity index (χ1) is 9.65. The number of rotatable bonds is 9. The first-order valence-corrected chi connectivity index (χ1v) is 7.26. The monoisotopic (exact) mass is 301 g/mol. The fourth-order valence-corrected chi connectivity index (χ4v) is 2.28. The summed E-state index contributed by atoms with van der Waals surface area (Å²) in [4.78, 5) is 0. The quantitative estimate of drug-likeness (QED) is 0.712. The molecule has 5 heteroatoms. The van der Waals surface area contributed by atoms with Crippen molar-refractivity contribution < 1.29 is 14.2 Å². The summed E-state index contributed by atoms with van der Waals surface area (Å²) >= 11 is 6.06. The van der Waals surface area contributed by atoms with Gasteiger partial charge in [-0.3, -0.25) is 0 Å². The van der Waals surface area contributed by atoms with Gasteiger partial charge in [-0.15, -0.1) is 0 Å². The summed E-state index contributed by atoms with van der Waals surface area (Å²) < 4.78 is 16.7. The van der Waals surface area contributed by atoms with Gasteiger partial charge in [0, 0.05) is 18.2 Å². The van der Waals surface area contributed by atoms with Gasteiger partial charge in [0.15, 0.2) is 6.29 Å². The summed E-state index contributed by atoms with van der Waals surface area (Å²) in [5.41, 5.74) is 1.03. The van der Waals surface area contributed by atoms with Crippen LogP contribution in [0.2, 0.25) is 5.02 Å². The average Bonchev–Trinajstić information content (AvgIpc) is 2.45. The van der Waals surface area contributed by atoms with Crippen LogP contribution in [0.25, 0.3) is 0 Å². The zero-order valence-electron chi connectivity index (χ0n) is 12.6. The highest BCUT2D eigenvalue weighted by atomic mass is 35.5. The molecule has 0 amide bonds. The van der Waals surface area contributed by atoms with Crippen LogP contribution in [0.1, 0.15) is 19.4 Å². The van der Waals surface area contributed by atoms with Crippen molar-refractivity contribution in [2.45, 2.75) is 32.6 Å². The minimum absolute atomic E-state index is 0.0299. The Morgan fingerprint density at radius 2 is 1.85 bits per heavy atom. The molecule has 0 spiro atoms. The normalized spacial score (nSPS) is 12.7. The number of benzene rings is 1. The molecule has 1 aromatic carbocycles. The summed E-state index contributed by atoms with van der Waals surface area (Å²) in [5.74, 6) is 0.821. The third-order valence-electron chi connectivity index (χ3n) is 3.04. The van der Waals surface area contributed by atoms with Gasteiger partial charge in [0.1, 0.15) is 5.75 Å². The van der Waals surface area contributed by atoms with Crippen LogP contribution in [0.4, 0.5) is 0 Å². The Morgan fingerprint density at radius 3 is 2.35 bits per heavy atom. The predicted octanol–water partition coefficient (Wildman–Crippen LogP) is 2.88. The second kappa shape index (κ2) is 9.19. The second-order valence-corrected chi connectivity index (χ2v) is 4.77. The summed E-state index contributed by atoms with van der Waals surface area (Å²) in [7, 11) is 3.55. The minimum Gasteiger partial charge on any atom is -0.496 e. The van der Waals surface area contributed by atoms with Gasteiger partial charge < -0.3 is 19.5 Å². The Morgan fingerprint density at radius 1 is 1.20 bits per heavy atom. The SMILES string of the molecule is CCOC(OCC)C(Cc1cc(Cl)ccc1OC)NC.